The average molecular weight is 437 g/mol. The van der Waals surface area contributed by atoms with Crippen LogP contribution < -0.4 is 14.8 Å². The molecule has 8 heteroatoms. The molecule has 0 aliphatic carbocycles. The van der Waals surface area contributed by atoms with E-state index in [-0.39, 0.29) is 24.5 Å². The molecule has 4 rings (SSSR count). The Morgan fingerprint density at radius 2 is 1.88 bits per heavy atom. The van der Waals surface area contributed by atoms with E-state index in [4.69, 9.17) is 9.47 Å². The van der Waals surface area contributed by atoms with E-state index in [0.717, 1.165) is 8.66 Å². The summed E-state index contributed by atoms with van der Waals surface area (Å²) in [6, 6.07) is 9.07. The van der Waals surface area contributed by atoms with Crippen LogP contribution in [0.25, 0.3) is 0 Å². The van der Waals surface area contributed by atoms with Crippen LogP contribution in [0.1, 0.15) is 22.5 Å². The first-order valence-electron chi connectivity index (χ1n) is 8.35. The Labute approximate surface area is 163 Å². The Morgan fingerprint density at radius 1 is 1.12 bits per heavy atom. The number of benzene rings is 1. The van der Waals surface area contributed by atoms with Crippen LogP contribution in [-0.4, -0.2) is 36.6 Å². The number of rotatable bonds is 3. The monoisotopic (exact) mass is 436 g/mol. The van der Waals surface area contributed by atoms with Crippen molar-refractivity contribution in [3.63, 3.8) is 0 Å². The molecule has 0 unspecified atom stereocenters. The molecule has 0 saturated carbocycles. The van der Waals surface area contributed by atoms with Crippen molar-refractivity contribution in [2.24, 2.45) is 5.92 Å². The summed E-state index contributed by atoms with van der Waals surface area (Å²) in [5.74, 6) is 1.25. The number of fused-ring (bicyclic) bond motifs is 1. The van der Waals surface area contributed by atoms with Crippen LogP contribution >= 0.6 is 27.3 Å². The lowest BCUT2D eigenvalue weighted by Gasteiger charge is -2.31. The van der Waals surface area contributed by atoms with Gasteiger partial charge in [0.15, 0.2) is 11.5 Å². The smallest absolute Gasteiger partial charge is 0.263 e. The molecule has 2 aliphatic heterocycles. The number of nitrogens with zero attached hydrogens (tertiary/aromatic N) is 1. The minimum absolute atomic E-state index is 0.0187. The zero-order chi connectivity index (χ0) is 18.1. The second-order valence-electron chi connectivity index (χ2n) is 6.23. The van der Waals surface area contributed by atoms with Crippen molar-refractivity contribution in [2.75, 3.05) is 25.2 Å². The number of carbonyl (C=O) groups is 2. The summed E-state index contributed by atoms with van der Waals surface area (Å²) in [4.78, 5) is 27.5. The molecule has 0 atom stereocenters. The lowest BCUT2D eigenvalue weighted by Crippen LogP contribution is -2.41. The molecule has 26 heavy (non-hydrogen) atoms. The van der Waals surface area contributed by atoms with E-state index in [9.17, 15) is 9.59 Å². The van der Waals surface area contributed by atoms with Crippen molar-refractivity contribution < 1.29 is 19.1 Å². The molecule has 6 nitrogen and oxygen atoms in total. The zero-order valence-electron chi connectivity index (χ0n) is 13.9. The van der Waals surface area contributed by atoms with Crippen LogP contribution in [-0.2, 0) is 4.79 Å². The lowest BCUT2D eigenvalue weighted by atomic mass is 9.95. The summed E-state index contributed by atoms with van der Waals surface area (Å²) < 4.78 is 11.5. The molecule has 2 aromatic rings. The Morgan fingerprint density at radius 3 is 2.62 bits per heavy atom. The predicted molar refractivity (Wildman–Crippen MR) is 102 cm³/mol. The third-order valence-electron chi connectivity index (χ3n) is 4.58. The van der Waals surface area contributed by atoms with Gasteiger partial charge in [-0.3, -0.25) is 9.59 Å². The fourth-order valence-corrected chi connectivity index (χ4v) is 4.50. The predicted octanol–water partition coefficient (Wildman–Crippen LogP) is 3.73. The molecule has 0 spiro atoms. The number of thiophene rings is 1. The van der Waals surface area contributed by atoms with E-state index in [2.05, 4.69) is 21.2 Å². The molecule has 2 amide bonds. The van der Waals surface area contributed by atoms with Gasteiger partial charge in [-0.15, -0.1) is 11.3 Å². The maximum absolute atomic E-state index is 12.5. The van der Waals surface area contributed by atoms with Crippen LogP contribution in [0, 0.1) is 5.92 Å². The van der Waals surface area contributed by atoms with Crippen molar-refractivity contribution in [1.29, 1.82) is 0 Å². The minimum atomic E-state index is -0.0976. The van der Waals surface area contributed by atoms with E-state index in [1.54, 1.807) is 18.2 Å². The quantitative estimate of drug-likeness (QED) is 0.795. The number of amides is 2. The van der Waals surface area contributed by atoms with Crippen molar-refractivity contribution in [3.05, 3.63) is 39.0 Å². The molecule has 1 saturated heterocycles. The minimum Gasteiger partial charge on any atom is -0.454 e. The molecular formula is C18H17BrN2O4S. The molecule has 0 radical (unpaired) electrons. The number of ether oxygens (including phenoxy) is 2. The molecule has 136 valence electrons. The van der Waals surface area contributed by atoms with Crippen molar-refractivity contribution >= 4 is 44.8 Å². The number of hydrogen-bond acceptors (Lipinski definition) is 5. The standard InChI is InChI=1S/C18H17BrN2O4S/c19-16-4-3-15(26-16)18(23)21-7-5-11(6-8-21)17(22)20-12-1-2-13-14(9-12)25-10-24-13/h1-4,9,11H,5-8,10H2,(H,20,22). The number of carbonyl (C=O) groups excluding carboxylic acids is 2. The zero-order valence-corrected chi connectivity index (χ0v) is 16.3. The highest BCUT2D eigenvalue weighted by molar-refractivity contribution is 9.11. The SMILES string of the molecule is O=C(Nc1ccc2c(c1)OCO2)C1CCN(C(=O)c2ccc(Br)s2)CC1. The Hall–Kier alpha value is -2.06. The van der Waals surface area contributed by atoms with Gasteiger partial charge < -0.3 is 19.7 Å². The van der Waals surface area contributed by atoms with E-state index < -0.39 is 0 Å². The van der Waals surface area contributed by atoms with Crippen molar-refractivity contribution in [1.82, 2.24) is 4.90 Å². The van der Waals surface area contributed by atoms with Crippen LogP contribution in [0.15, 0.2) is 34.1 Å². The van der Waals surface area contributed by atoms with Crippen LogP contribution in [0.4, 0.5) is 5.69 Å². The maximum Gasteiger partial charge on any atom is 0.263 e. The van der Waals surface area contributed by atoms with Gasteiger partial charge in [0.1, 0.15) is 0 Å². The molecular weight excluding hydrogens is 420 g/mol. The van der Waals surface area contributed by atoms with Crippen LogP contribution in [0.5, 0.6) is 11.5 Å². The second kappa shape index (κ2) is 7.28. The molecule has 3 heterocycles. The second-order valence-corrected chi connectivity index (χ2v) is 8.69. The topological polar surface area (TPSA) is 67.9 Å². The van der Waals surface area contributed by atoms with Gasteiger partial charge in [0.05, 0.1) is 8.66 Å². The Kier molecular flexibility index (Phi) is 4.86. The highest BCUT2D eigenvalue weighted by Gasteiger charge is 2.28. The van der Waals surface area contributed by atoms with Gasteiger partial charge in [0.2, 0.25) is 12.7 Å². The molecule has 1 aromatic heterocycles. The molecule has 1 N–H and O–H groups in total. The van der Waals surface area contributed by atoms with Crippen molar-refractivity contribution in [3.8, 4) is 11.5 Å². The van der Waals surface area contributed by atoms with Crippen LogP contribution in [0.2, 0.25) is 0 Å². The third kappa shape index (κ3) is 3.57. The highest BCUT2D eigenvalue weighted by atomic mass is 79.9. The summed E-state index contributed by atoms with van der Waals surface area (Å²) >= 11 is 4.81. The van der Waals surface area contributed by atoms with Gasteiger partial charge in [-0.1, -0.05) is 0 Å². The number of anilines is 1. The van der Waals surface area contributed by atoms with E-state index in [1.807, 2.05) is 17.0 Å². The molecule has 1 fully saturated rings. The first kappa shape index (κ1) is 17.4. The van der Waals surface area contributed by atoms with Crippen molar-refractivity contribution in [2.45, 2.75) is 12.8 Å². The highest BCUT2D eigenvalue weighted by Crippen LogP contribution is 2.34. The number of piperidine rings is 1. The third-order valence-corrected chi connectivity index (χ3v) is 6.19. The van der Waals surface area contributed by atoms with Crippen LogP contribution in [0.3, 0.4) is 0 Å². The van der Waals surface area contributed by atoms with Gasteiger partial charge in [0, 0.05) is 30.8 Å². The van der Waals surface area contributed by atoms with Gasteiger partial charge >= 0.3 is 0 Å². The normalized spacial score (nSPS) is 16.6. The van der Waals surface area contributed by atoms with E-state index in [0.29, 0.717) is 43.1 Å². The summed E-state index contributed by atoms with van der Waals surface area (Å²) in [6.07, 6.45) is 1.32. The number of likely N-dealkylation sites (tertiary alicyclic amines) is 1. The molecule has 0 bridgehead atoms. The fraction of sp³-hybridized carbons (Fsp3) is 0.333. The number of halogens is 1. The Bertz CT molecular complexity index is 845. The number of nitrogens with one attached hydrogen (secondary N) is 1. The van der Waals surface area contributed by atoms with Gasteiger partial charge in [0.25, 0.3) is 5.91 Å². The van der Waals surface area contributed by atoms with Gasteiger partial charge in [-0.05, 0) is 53.0 Å². The van der Waals surface area contributed by atoms with E-state index in [1.165, 1.54) is 11.3 Å². The fourth-order valence-electron chi connectivity index (χ4n) is 3.15. The summed E-state index contributed by atoms with van der Waals surface area (Å²) in [6.45, 7) is 1.39. The maximum atomic E-state index is 12.5. The summed E-state index contributed by atoms with van der Waals surface area (Å²) in [5.41, 5.74) is 0.696. The first-order chi connectivity index (χ1) is 12.6. The lowest BCUT2D eigenvalue weighted by molar-refractivity contribution is -0.121. The Balaban J connectivity index is 1.33. The number of hydrogen-bond donors (Lipinski definition) is 1. The largest absolute Gasteiger partial charge is 0.454 e. The first-order valence-corrected chi connectivity index (χ1v) is 9.96. The summed E-state index contributed by atoms with van der Waals surface area (Å²) in [7, 11) is 0. The average Bonchev–Trinajstić information content (AvgIpc) is 3.29. The summed E-state index contributed by atoms with van der Waals surface area (Å²) in [5, 5.41) is 2.94. The van der Waals surface area contributed by atoms with Gasteiger partial charge in [-0.2, -0.15) is 0 Å². The van der Waals surface area contributed by atoms with E-state index >= 15 is 0 Å². The van der Waals surface area contributed by atoms with Gasteiger partial charge in [-0.25, -0.2) is 0 Å². The molecule has 2 aliphatic rings. The molecule has 1 aromatic carbocycles.